The first kappa shape index (κ1) is 12.3. The van der Waals surface area contributed by atoms with E-state index in [1.165, 1.54) is 0 Å². The van der Waals surface area contributed by atoms with E-state index in [-0.39, 0.29) is 6.10 Å². The molecule has 94 valence electrons. The van der Waals surface area contributed by atoms with Gasteiger partial charge in [-0.3, -0.25) is 0 Å². The average Bonchev–Trinajstić information content (AvgIpc) is 2.34. The first-order chi connectivity index (χ1) is 8.65. The zero-order valence-corrected chi connectivity index (χ0v) is 10.7. The van der Waals surface area contributed by atoms with Gasteiger partial charge in [0.15, 0.2) is 0 Å². The van der Waals surface area contributed by atoms with Gasteiger partial charge in [0.1, 0.15) is 5.75 Å². The lowest BCUT2D eigenvalue weighted by atomic mass is 10.2. The van der Waals surface area contributed by atoms with Gasteiger partial charge < -0.3 is 15.8 Å². The Hall–Kier alpha value is -2.16. The number of para-hydroxylation sites is 1. The summed E-state index contributed by atoms with van der Waals surface area (Å²) in [7, 11) is 0. The van der Waals surface area contributed by atoms with Crippen LogP contribution in [0.3, 0.4) is 0 Å². The molecule has 0 bridgehead atoms. The van der Waals surface area contributed by atoms with E-state index in [0.717, 1.165) is 11.4 Å². The molecule has 0 saturated heterocycles. The highest BCUT2D eigenvalue weighted by Gasteiger charge is 2.04. The Balaban J connectivity index is 2.19. The predicted molar refractivity (Wildman–Crippen MR) is 76.3 cm³/mol. The second-order valence-corrected chi connectivity index (χ2v) is 4.41. The van der Waals surface area contributed by atoms with E-state index in [0.29, 0.717) is 11.4 Å². The molecule has 2 aromatic carbocycles. The van der Waals surface area contributed by atoms with Crippen LogP contribution in [-0.4, -0.2) is 6.10 Å². The Labute approximate surface area is 108 Å². The van der Waals surface area contributed by atoms with E-state index >= 15 is 0 Å². The molecular weight excluding hydrogens is 224 g/mol. The number of hydrogen-bond donors (Lipinski definition) is 2. The van der Waals surface area contributed by atoms with Crippen molar-refractivity contribution >= 4 is 17.1 Å². The summed E-state index contributed by atoms with van der Waals surface area (Å²) < 4.78 is 5.66. The van der Waals surface area contributed by atoms with Gasteiger partial charge in [0, 0.05) is 17.4 Å². The molecule has 0 heterocycles. The number of hydrogen-bond acceptors (Lipinski definition) is 3. The minimum absolute atomic E-state index is 0.110. The molecule has 3 N–H and O–H groups in total. The summed E-state index contributed by atoms with van der Waals surface area (Å²) in [6.07, 6.45) is 0.110. The fourth-order valence-corrected chi connectivity index (χ4v) is 1.66. The zero-order valence-electron chi connectivity index (χ0n) is 10.7. The molecule has 0 amide bonds. The Morgan fingerprint density at radius 1 is 1.00 bits per heavy atom. The fraction of sp³-hybridized carbons (Fsp3) is 0.200. The molecule has 3 heteroatoms. The van der Waals surface area contributed by atoms with E-state index < -0.39 is 0 Å². The maximum atomic E-state index is 5.88. The first-order valence-corrected chi connectivity index (χ1v) is 6.03. The largest absolute Gasteiger partial charge is 0.489 e. The van der Waals surface area contributed by atoms with Gasteiger partial charge in [-0.1, -0.05) is 18.2 Å². The van der Waals surface area contributed by atoms with E-state index in [1.807, 2.05) is 62.4 Å². The van der Waals surface area contributed by atoms with Gasteiger partial charge in [0.05, 0.1) is 11.8 Å². The molecule has 2 rings (SSSR count). The van der Waals surface area contributed by atoms with Crippen molar-refractivity contribution in [2.75, 3.05) is 11.1 Å². The SMILES string of the molecule is CC(C)Oc1cc(Nc2ccccc2)ccc1N. The third-order valence-corrected chi connectivity index (χ3v) is 2.44. The summed E-state index contributed by atoms with van der Waals surface area (Å²) >= 11 is 0. The molecule has 2 aromatic rings. The molecule has 0 aliphatic heterocycles. The van der Waals surface area contributed by atoms with Gasteiger partial charge in [-0.25, -0.2) is 0 Å². The minimum Gasteiger partial charge on any atom is -0.489 e. The van der Waals surface area contributed by atoms with Crippen molar-refractivity contribution in [3.63, 3.8) is 0 Å². The van der Waals surface area contributed by atoms with Crippen LogP contribution >= 0.6 is 0 Å². The monoisotopic (exact) mass is 242 g/mol. The molecule has 0 atom stereocenters. The van der Waals surface area contributed by atoms with Crippen LogP contribution in [-0.2, 0) is 0 Å². The number of ether oxygens (including phenoxy) is 1. The second kappa shape index (κ2) is 5.45. The number of nitrogen functional groups attached to an aromatic ring is 1. The van der Waals surface area contributed by atoms with Crippen LogP contribution < -0.4 is 15.8 Å². The molecule has 0 fully saturated rings. The number of anilines is 3. The topological polar surface area (TPSA) is 47.3 Å². The van der Waals surface area contributed by atoms with Crippen LogP contribution in [0.5, 0.6) is 5.75 Å². The minimum atomic E-state index is 0.110. The van der Waals surface area contributed by atoms with Crippen molar-refractivity contribution in [1.29, 1.82) is 0 Å². The fourth-order valence-electron chi connectivity index (χ4n) is 1.66. The molecule has 0 radical (unpaired) electrons. The van der Waals surface area contributed by atoms with E-state index in [9.17, 15) is 0 Å². The molecule has 0 spiro atoms. The second-order valence-electron chi connectivity index (χ2n) is 4.41. The van der Waals surface area contributed by atoms with Gasteiger partial charge >= 0.3 is 0 Å². The smallest absolute Gasteiger partial charge is 0.144 e. The molecule has 0 unspecified atom stereocenters. The average molecular weight is 242 g/mol. The van der Waals surface area contributed by atoms with Gasteiger partial charge in [0.2, 0.25) is 0 Å². The highest BCUT2D eigenvalue weighted by Crippen LogP contribution is 2.28. The van der Waals surface area contributed by atoms with Crippen molar-refractivity contribution in [2.45, 2.75) is 20.0 Å². The third kappa shape index (κ3) is 3.17. The van der Waals surface area contributed by atoms with Crippen LogP contribution in [0.1, 0.15) is 13.8 Å². The first-order valence-electron chi connectivity index (χ1n) is 6.03. The van der Waals surface area contributed by atoms with Gasteiger partial charge in [-0.05, 0) is 38.1 Å². The summed E-state index contributed by atoms with van der Waals surface area (Å²) in [5, 5.41) is 3.31. The van der Waals surface area contributed by atoms with E-state index in [2.05, 4.69) is 5.32 Å². The highest BCUT2D eigenvalue weighted by atomic mass is 16.5. The maximum absolute atomic E-state index is 5.88. The molecular formula is C15H18N2O. The van der Waals surface area contributed by atoms with Crippen LogP contribution in [0.25, 0.3) is 0 Å². The molecule has 18 heavy (non-hydrogen) atoms. The maximum Gasteiger partial charge on any atom is 0.144 e. The molecule has 3 nitrogen and oxygen atoms in total. The van der Waals surface area contributed by atoms with E-state index in [4.69, 9.17) is 10.5 Å². The Morgan fingerprint density at radius 2 is 1.72 bits per heavy atom. The van der Waals surface area contributed by atoms with Crippen molar-refractivity contribution < 1.29 is 4.74 Å². The number of nitrogens with two attached hydrogens (primary N) is 1. The lowest BCUT2D eigenvalue weighted by molar-refractivity contribution is 0.244. The normalized spacial score (nSPS) is 10.4. The molecule has 0 saturated carbocycles. The summed E-state index contributed by atoms with van der Waals surface area (Å²) in [6.45, 7) is 3.97. The van der Waals surface area contributed by atoms with Gasteiger partial charge in [0.25, 0.3) is 0 Å². The number of benzene rings is 2. The van der Waals surface area contributed by atoms with Gasteiger partial charge in [-0.15, -0.1) is 0 Å². The van der Waals surface area contributed by atoms with Crippen LogP contribution in [0, 0.1) is 0 Å². The summed E-state index contributed by atoms with van der Waals surface area (Å²) in [6, 6.07) is 15.7. The quantitative estimate of drug-likeness (QED) is 0.802. The summed E-state index contributed by atoms with van der Waals surface area (Å²) in [5.41, 5.74) is 8.54. The van der Waals surface area contributed by atoms with Gasteiger partial charge in [-0.2, -0.15) is 0 Å². The van der Waals surface area contributed by atoms with Crippen molar-refractivity contribution in [3.05, 3.63) is 48.5 Å². The standard InChI is InChI=1S/C15H18N2O/c1-11(2)18-15-10-13(8-9-14(15)16)17-12-6-4-3-5-7-12/h3-11,17H,16H2,1-2H3. The summed E-state index contributed by atoms with van der Waals surface area (Å²) in [5.74, 6) is 0.714. The van der Waals surface area contributed by atoms with Crippen molar-refractivity contribution in [1.82, 2.24) is 0 Å². The van der Waals surface area contributed by atoms with E-state index in [1.54, 1.807) is 0 Å². The van der Waals surface area contributed by atoms with Crippen molar-refractivity contribution in [3.8, 4) is 5.75 Å². The zero-order chi connectivity index (χ0) is 13.0. The Morgan fingerprint density at radius 3 is 2.39 bits per heavy atom. The van der Waals surface area contributed by atoms with Crippen molar-refractivity contribution in [2.24, 2.45) is 0 Å². The number of rotatable bonds is 4. The Bertz CT molecular complexity index is 509. The molecule has 0 aliphatic carbocycles. The van der Waals surface area contributed by atoms with Crippen LogP contribution in [0.4, 0.5) is 17.1 Å². The lowest BCUT2D eigenvalue weighted by Gasteiger charge is -2.14. The number of nitrogens with one attached hydrogen (secondary N) is 1. The molecule has 0 aliphatic rings. The third-order valence-electron chi connectivity index (χ3n) is 2.44. The highest BCUT2D eigenvalue weighted by molar-refractivity contribution is 5.66. The van der Waals surface area contributed by atoms with Crippen LogP contribution in [0.2, 0.25) is 0 Å². The lowest BCUT2D eigenvalue weighted by Crippen LogP contribution is -2.07. The summed E-state index contributed by atoms with van der Waals surface area (Å²) in [4.78, 5) is 0. The van der Waals surface area contributed by atoms with Crippen LogP contribution in [0.15, 0.2) is 48.5 Å². The molecule has 0 aromatic heterocycles. The predicted octanol–water partition coefficient (Wildman–Crippen LogP) is 3.80. The Kier molecular flexibility index (Phi) is 3.72.